The lowest BCUT2D eigenvalue weighted by molar-refractivity contribution is -0.122. The second-order valence-corrected chi connectivity index (χ2v) is 6.44. The summed E-state index contributed by atoms with van der Waals surface area (Å²) in [4.78, 5) is 25.5. The normalized spacial score (nSPS) is 12.8. The molecule has 0 aliphatic carbocycles. The number of nitrogens with one attached hydrogen (secondary N) is 2. The highest BCUT2D eigenvalue weighted by Gasteiger charge is 2.16. The summed E-state index contributed by atoms with van der Waals surface area (Å²) in [6.45, 7) is 12.3. The zero-order chi connectivity index (χ0) is 17.9. The molecule has 0 aliphatic heterocycles. The Balaban J connectivity index is 3.99. The smallest absolute Gasteiger partial charge is 0.407 e. The van der Waals surface area contributed by atoms with Crippen LogP contribution in [0.2, 0.25) is 0 Å². The van der Waals surface area contributed by atoms with Crippen LogP contribution >= 0.6 is 0 Å². The van der Waals surface area contributed by atoms with Crippen LogP contribution in [0, 0.1) is 0 Å². The number of hydrogen-bond acceptors (Lipinski definition) is 5. The Morgan fingerprint density at radius 1 is 1.22 bits per heavy atom. The van der Waals surface area contributed by atoms with Gasteiger partial charge < -0.3 is 25.4 Å². The average Bonchev–Trinajstić information content (AvgIpc) is 2.45. The molecule has 0 saturated heterocycles. The van der Waals surface area contributed by atoms with Gasteiger partial charge in [-0.25, -0.2) is 4.79 Å². The van der Waals surface area contributed by atoms with Crippen molar-refractivity contribution in [3.8, 4) is 0 Å². The Morgan fingerprint density at radius 3 is 2.30 bits per heavy atom. The van der Waals surface area contributed by atoms with E-state index in [1.807, 2.05) is 0 Å². The molecule has 0 rings (SSSR count). The van der Waals surface area contributed by atoms with Crippen LogP contribution in [0.5, 0.6) is 0 Å². The third-order valence-corrected chi connectivity index (χ3v) is 3.29. The number of aliphatic hydroxyl groups excluding tert-OH is 1. The quantitative estimate of drug-likeness (QED) is 0.558. The van der Waals surface area contributed by atoms with Crippen LogP contribution in [0.3, 0.4) is 0 Å². The van der Waals surface area contributed by atoms with Crippen LogP contribution in [-0.2, 0) is 9.53 Å². The maximum Gasteiger partial charge on any atom is 0.407 e. The van der Waals surface area contributed by atoms with Gasteiger partial charge in [0.25, 0.3) is 0 Å². The van der Waals surface area contributed by atoms with Crippen molar-refractivity contribution in [1.29, 1.82) is 0 Å². The summed E-state index contributed by atoms with van der Waals surface area (Å²) in [6, 6.07) is -0.260. The minimum absolute atomic E-state index is 0.0908. The third-order valence-electron chi connectivity index (χ3n) is 3.29. The van der Waals surface area contributed by atoms with Crippen molar-refractivity contribution in [2.24, 2.45) is 0 Å². The van der Waals surface area contributed by atoms with Crippen LogP contribution in [0.1, 0.15) is 47.5 Å². The van der Waals surface area contributed by atoms with E-state index in [1.165, 1.54) is 0 Å². The zero-order valence-electron chi connectivity index (χ0n) is 15.1. The first kappa shape index (κ1) is 21.7. The molecule has 1 atom stereocenters. The molecule has 0 aromatic carbocycles. The number of alkyl carbamates (subject to hydrolysis) is 1. The molecule has 136 valence electrons. The van der Waals surface area contributed by atoms with Gasteiger partial charge in [0.15, 0.2) is 0 Å². The Hall–Kier alpha value is -1.34. The summed E-state index contributed by atoms with van der Waals surface area (Å²) in [5, 5.41) is 14.7. The fourth-order valence-corrected chi connectivity index (χ4v) is 1.98. The van der Waals surface area contributed by atoms with Gasteiger partial charge in [-0.3, -0.25) is 4.79 Å². The van der Waals surface area contributed by atoms with Gasteiger partial charge in [-0.15, -0.1) is 0 Å². The summed E-state index contributed by atoms with van der Waals surface area (Å²) >= 11 is 0. The van der Waals surface area contributed by atoms with Crippen LogP contribution in [0.25, 0.3) is 0 Å². The minimum atomic E-state index is -0.557. The molecular formula is C16H33N3O4. The fourth-order valence-electron chi connectivity index (χ4n) is 1.98. The summed E-state index contributed by atoms with van der Waals surface area (Å²) in [5.41, 5.74) is -0.557. The highest BCUT2D eigenvalue weighted by Crippen LogP contribution is 2.06. The lowest BCUT2D eigenvalue weighted by atomic mass is 10.2. The Labute approximate surface area is 139 Å². The molecule has 0 bridgehead atoms. The Bertz CT molecular complexity index is 352. The number of nitrogens with zero attached hydrogens (tertiary/aromatic N) is 1. The van der Waals surface area contributed by atoms with E-state index in [9.17, 15) is 14.7 Å². The van der Waals surface area contributed by atoms with E-state index in [-0.39, 0.29) is 31.5 Å². The zero-order valence-corrected chi connectivity index (χ0v) is 15.1. The van der Waals surface area contributed by atoms with Gasteiger partial charge in [-0.1, -0.05) is 13.8 Å². The van der Waals surface area contributed by atoms with Crippen molar-refractivity contribution in [3.63, 3.8) is 0 Å². The third kappa shape index (κ3) is 11.8. The lowest BCUT2D eigenvalue weighted by Crippen LogP contribution is -2.41. The van der Waals surface area contributed by atoms with Gasteiger partial charge in [0.2, 0.25) is 5.91 Å². The van der Waals surface area contributed by atoms with Gasteiger partial charge >= 0.3 is 6.09 Å². The van der Waals surface area contributed by atoms with E-state index >= 15 is 0 Å². The molecule has 0 aromatic rings. The van der Waals surface area contributed by atoms with Crippen LogP contribution in [0.4, 0.5) is 4.79 Å². The summed E-state index contributed by atoms with van der Waals surface area (Å²) in [6.07, 6.45) is 0.315. The molecular weight excluding hydrogens is 298 g/mol. The van der Waals surface area contributed by atoms with Crippen molar-refractivity contribution in [2.45, 2.75) is 59.1 Å². The maximum atomic E-state index is 11.8. The van der Waals surface area contributed by atoms with Crippen LogP contribution < -0.4 is 10.6 Å². The molecule has 23 heavy (non-hydrogen) atoms. The van der Waals surface area contributed by atoms with Crippen LogP contribution in [-0.4, -0.2) is 66.4 Å². The number of ether oxygens (including phenoxy) is 1. The second-order valence-electron chi connectivity index (χ2n) is 6.44. The monoisotopic (exact) mass is 331 g/mol. The average molecular weight is 331 g/mol. The first-order valence-electron chi connectivity index (χ1n) is 8.31. The predicted molar refractivity (Wildman–Crippen MR) is 90.3 cm³/mol. The fraction of sp³-hybridized carbons (Fsp3) is 0.875. The standard InChI is InChI=1S/C16H33N3O4/c1-6-19(7-2)11-9-13(12-20)18-14(21)8-10-17-15(22)23-16(3,4)5/h13,20H,6-12H2,1-5H3,(H,17,22)(H,18,21). The van der Waals surface area contributed by atoms with Crippen molar-refractivity contribution in [1.82, 2.24) is 15.5 Å². The predicted octanol–water partition coefficient (Wildman–Crippen LogP) is 1.11. The highest BCUT2D eigenvalue weighted by atomic mass is 16.6. The Morgan fingerprint density at radius 2 is 1.83 bits per heavy atom. The molecule has 7 nitrogen and oxygen atoms in total. The van der Waals surface area contributed by atoms with Gasteiger partial charge in [0.1, 0.15) is 5.60 Å². The van der Waals surface area contributed by atoms with Gasteiger partial charge in [0, 0.05) is 19.5 Å². The highest BCUT2D eigenvalue weighted by molar-refractivity contribution is 5.77. The first-order chi connectivity index (χ1) is 10.7. The summed E-state index contributed by atoms with van der Waals surface area (Å²) in [7, 11) is 0. The van der Waals surface area contributed by atoms with E-state index in [0.29, 0.717) is 6.42 Å². The summed E-state index contributed by atoms with van der Waals surface area (Å²) in [5.74, 6) is -0.195. The number of carbonyl (C=O) groups is 2. The molecule has 3 N–H and O–H groups in total. The van der Waals surface area contributed by atoms with Crippen molar-refractivity contribution in [3.05, 3.63) is 0 Å². The molecule has 7 heteroatoms. The number of hydrogen-bond donors (Lipinski definition) is 3. The minimum Gasteiger partial charge on any atom is -0.444 e. The van der Waals surface area contributed by atoms with E-state index < -0.39 is 11.7 Å². The number of rotatable bonds is 10. The van der Waals surface area contributed by atoms with E-state index in [2.05, 4.69) is 29.4 Å². The molecule has 0 spiro atoms. The van der Waals surface area contributed by atoms with Crippen molar-refractivity contribution < 1.29 is 19.4 Å². The van der Waals surface area contributed by atoms with Crippen molar-refractivity contribution in [2.75, 3.05) is 32.8 Å². The number of aliphatic hydroxyl groups is 1. The molecule has 1 unspecified atom stereocenters. The second kappa shape index (κ2) is 11.2. The first-order valence-corrected chi connectivity index (χ1v) is 8.31. The van der Waals surface area contributed by atoms with Gasteiger partial charge in [-0.2, -0.15) is 0 Å². The molecule has 0 fully saturated rings. The largest absolute Gasteiger partial charge is 0.444 e. The van der Waals surface area contributed by atoms with Crippen molar-refractivity contribution >= 4 is 12.0 Å². The molecule has 0 saturated carbocycles. The molecule has 0 aliphatic rings. The maximum absolute atomic E-state index is 11.8. The molecule has 0 aromatic heterocycles. The van der Waals surface area contributed by atoms with E-state index in [1.54, 1.807) is 20.8 Å². The van der Waals surface area contributed by atoms with E-state index in [4.69, 9.17) is 4.74 Å². The molecule has 0 radical (unpaired) electrons. The molecule has 2 amide bonds. The number of carbonyl (C=O) groups excluding carboxylic acids is 2. The van der Waals surface area contributed by atoms with Gasteiger partial charge in [-0.05, 0) is 40.3 Å². The number of amides is 2. The topological polar surface area (TPSA) is 90.9 Å². The molecule has 0 heterocycles. The lowest BCUT2D eigenvalue weighted by Gasteiger charge is -2.22. The van der Waals surface area contributed by atoms with E-state index in [0.717, 1.165) is 19.6 Å². The SMILES string of the molecule is CCN(CC)CCC(CO)NC(=O)CCNC(=O)OC(C)(C)C. The van der Waals surface area contributed by atoms with Crippen LogP contribution in [0.15, 0.2) is 0 Å². The Kier molecular flexibility index (Phi) is 10.6. The van der Waals surface area contributed by atoms with Gasteiger partial charge in [0.05, 0.1) is 12.6 Å². The summed E-state index contributed by atoms with van der Waals surface area (Å²) < 4.78 is 5.08.